The van der Waals surface area contributed by atoms with Gasteiger partial charge in [-0.15, -0.1) is 0 Å². The molecule has 7 heteroatoms. The molecule has 1 aromatic carbocycles. The largest absolute Gasteiger partial charge is 0.480 e. The molecule has 2 heterocycles. The molecule has 0 fully saturated rings. The monoisotopic (exact) mass is 310 g/mol. The van der Waals surface area contributed by atoms with Crippen LogP contribution in [0.4, 0.5) is 5.95 Å². The Morgan fingerprint density at radius 3 is 2.57 bits per heavy atom. The van der Waals surface area contributed by atoms with E-state index in [0.717, 1.165) is 11.3 Å². The molecule has 116 valence electrons. The molecule has 0 spiro atoms. The van der Waals surface area contributed by atoms with Gasteiger partial charge in [0, 0.05) is 18.8 Å². The Balaban J connectivity index is 1.77. The summed E-state index contributed by atoms with van der Waals surface area (Å²) < 4.78 is 5.46. The minimum absolute atomic E-state index is 0.235. The van der Waals surface area contributed by atoms with E-state index in [-0.39, 0.29) is 12.5 Å². The van der Waals surface area contributed by atoms with Crippen molar-refractivity contribution in [3.63, 3.8) is 0 Å². The quantitative estimate of drug-likeness (QED) is 0.719. The molecule has 0 unspecified atom stereocenters. The standard InChI is InChI=1S/C16H14N4O3/c21-14(22)9-19-16-17-7-12(8-18-16)15-13(20-10-23-15)6-11-4-2-1-3-5-11/h1-5,7-8,10H,6,9H2,(H,21,22)(H,17,18,19). The van der Waals surface area contributed by atoms with Crippen LogP contribution in [-0.4, -0.2) is 32.6 Å². The van der Waals surface area contributed by atoms with Gasteiger partial charge in [0.1, 0.15) is 6.54 Å². The van der Waals surface area contributed by atoms with Gasteiger partial charge in [-0.1, -0.05) is 30.3 Å². The smallest absolute Gasteiger partial charge is 0.322 e. The van der Waals surface area contributed by atoms with Crippen molar-refractivity contribution in [3.05, 3.63) is 60.4 Å². The van der Waals surface area contributed by atoms with Gasteiger partial charge in [-0.05, 0) is 5.56 Å². The summed E-state index contributed by atoms with van der Waals surface area (Å²) in [5.41, 5.74) is 2.61. The lowest BCUT2D eigenvalue weighted by molar-refractivity contribution is -0.134. The van der Waals surface area contributed by atoms with Crippen LogP contribution in [0.5, 0.6) is 0 Å². The summed E-state index contributed by atoms with van der Waals surface area (Å²) in [4.78, 5) is 22.9. The molecule has 0 saturated carbocycles. The maximum atomic E-state index is 10.5. The van der Waals surface area contributed by atoms with Crippen LogP contribution >= 0.6 is 0 Å². The first-order valence-electron chi connectivity index (χ1n) is 6.97. The van der Waals surface area contributed by atoms with Crippen LogP contribution in [0.3, 0.4) is 0 Å². The Bertz CT molecular complexity index is 785. The molecule has 3 aromatic rings. The fourth-order valence-corrected chi connectivity index (χ4v) is 2.11. The number of anilines is 1. The number of nitrogens with zero attached hydrogens (tertiary/aromatic N) is 3. The maximum absolute atomic E-state index is 10.5. The normalized spacial score (nSPS) is 10.4. The second kappa shape index (κ2) is 6.69. The molecule has 0 radical (unpaired) electrons. The molecule has 7 nitrogen and oxygen atoms in total. The molecule has 2 N–H and O–H groups in total. The summed E-state index contributed by atoms with van der Waals surface area (Å²) in [6.07, 6.45) is 5.19. The molecule has 0 bridgehead atoms. The Morgan fingerprint density at radius 1 is 1.13 bits per heavy atom. The Morgan fingerprint density at radius 2 is 1.87 bits per heavy atom. The lowest BCUT2D eigenvalue weighted by Crippen LogP contribution is -2.14. The molecular weight excluding hydrogens is 296 g/mol. The second-order valence-electron chi connectivity index (χ2n) is 4.83. The Kier molecular flexibility index (Phi) is 4.28. The number of rotatable bonds is 6. The van der Waals surface area contributed by atoms with Crippen molar-refractivity contribution >= 4 is 11.9 Å². The third-order valence-corrected chi connectivity index (χ3v) is 3.17. The zero-order valence-electron chi connectivity index (χ0n) is 12.1. The number of nitrogens with one attached hydrogen (secondary N) is 1. The molecule has 0 aliphatic rings. The van der Waals surface area contributed by atoms with Crippen LogP contribution in [0.15, 0.2) is 53.5 Å². The zero-order valence-corrected chi connectivity index (χ0v) is 12.1. The van der Waals surface area contributed by atoms with Crippen molar-refractivity contribution in [2.24, 2.45) is 0 Å². The highest BCUT2D eigenvalue weighted by atomic mass is 16.4. The number of hydrogen-bond acceptors (Lipinski definition) is 6. The van der Waals surface area contributed by atoms with Gasteiger partial charge in [0.05, 0.1) is 11.3 Å². The fraction of sp³-hybridized carbons (Fsp3) is 0.125. The zero-order chi connectivity index (χ0) is 16.1. The third-order valence-electron chi connectivity index (χ3n) is 3.17. The molecule has 23 heavy (non-hydrogen) atoms. The van der Waals surface area contributed by atoms with Crippen molar-refractivity contribution in [2.45, 2.75) is 6.42 Å². The first kappa shape index (κ1) is 14.7. The van der Waals surface area contributed by atoms with E-state index in [2.05, 4.69) is 20.3 Å². The highest BCUT2D eigenvalue weighted by molar-refractivity contribution is 5.71. The summed E-state index contributed by atoms with van der Waals surface area (Å²) in [6.45, 7) is -0.235. The minimum Gasteiger partial charge on any atom is -0.480 e. The number of hydrogen-bond donors (Lipinski definition) is 2. The van der Waals surface area contributed by atoms with Gasteiger partial charge in [0.2, 0.25) is 5.95 Å². The highest BCUT2D eigenvalue weighted by Gasteiger charge is 2.12. The summed E-state index contributed by atoms with van der Waals surface area (Å²) >= 11 is 0. The molecule has 0 atom stereocenters. The molecule has 0 aliphatic heterocycles. The topological polar surface area (TPSA) is 101 Å². The van der Waals surface area contributed by atoms with Gasteiger partial charge >= 0.3 is 5.97 Å². The van der Waals surface area contributed by atoms with Crippen molar-refractivity contribution in [3.8, 4) is 11.3 Å². The Labute approximate surface area is 132 Å². The molecule has 3 rings (SSSR count). The molecule has 2 aromatic heterocycles. The van der Waals surface area contributed by atoms with Crippen LogP contribution in [0.25, 0.3) is 11.3 Å². The van der Waals surface area contributed by atoms with E-state index >= 15 is 0 Å². The summed E-state index contributed by atoms with van der Waals surface area (Å²) in [5, 5.41) is 11.2. The molecule has 0 amide bonds. The van der Waals surface area contributed by atoms with E-state index in [4.69, 9.17) is 9.52 Å². The number of carboxylic acid groups (broad SMARTS) is 1. The minimum atomic E-state index is -0.974. The van der Waals surface area contributed by atoms with Gasteiger partial charge < -0.3 is 14.8 Å². The van der Waals surface area contributed by atoms with Crippen LogP contribution in [0.2, 0.25) is 0 Å². The second-order valence-corrected chi connectivity index (χ2v) is 4.83. The summed E-state index contributed by atoms with van der Waals surface area (Å²) in [5.74, 6) is -0.114. The number of aliphatic carboxylic acids is 1. The van der Waals surface area contributed by atoms with E-state index in [1.54, 1.807) is 12.4 Å². The Hall–Kier alpha value is -3.22. The van der Waals surface area contributed by atoms with Gasteiger partial charge in [-0.25, -0.2) is 15.0 Å². The van der Waals surface area contributed by atoms with Gasteiger partial charge in [0.25, 0.3) is 0 Å². The fourth-order valence-electron chi connectivity index (χ4n) is 2.11. The van der Waals surface area contributed by atoms with E-state index in [0.29, 0.717) is 17.7 Å². The molecular formula is C16H14N4O3. The van der Waals surface area contributed by atoms with Crippen molar-refractivity contribution in [1.82, 2.24) is 15.0 Å². The number of carbonyl (C=O) groups is 1. The van der Waals surface area contributed by atoms with Gasteiger partial charge in [0.15, 0.2) is 12.2 Å². The van der Waals surface area contributed by atoms with Crippen LogP contribution in [0, 0.1) is 0 Å². The summed E-state index contributed by atoms with van der Waals surface area (Å²) in [7, 11) is 0. The van der Waals surface area contributed by atoms with Gasteiger partial charge in [-0.2, -0.15) is 0 Å². The number of aromatic nitrogens is 3. The maximum Gasteiger partial charge on any atom is 0.322 e. The molecule has 0 saturated heterocycles. The predicted molar refractivity (Wildman–Crippen MR) is 82.9 cm³/mol. The van der Waals surface area contributed by atoms with E-state index in [1.807, 2.05) is 30.3 Å². The van der Waals surface area contributed by atoms with Crippen molar-refractivity contribution in [2.75, 3.05) is 11.9 Å². The van der Waals surface area contributed by atoms with Crippen molar-refractivity contribution < 1.29 is 14.3 Å². The predicted octanol–water partition coefficient (Wildman–Crippen LogP) is 2.22. The average molecular weight is 310 g/mol. The van der Waals surface area contributed by atoms with Crippen molar-refractivity contribution in [1.29, 1.82) is 0 Å². The highest BCUT2D eigenvalue weighted by Crippen LogP contribution is 2.24. The third kappa shape index (κ3) is 3.70. The lowest BCUT2D eigenvalue weighted by atomic mass is 10.1. The molecule has 0 aliphatic carbocycles. The summed E-state index contributed by atoms with van der Waals surface area (Å²) in [6, 6.07) is 9.95. The first-order chi connectivity index (χ1) is 11.2. The van der Waals surface area contributed by atoms with E-state index < -0.39 is 5.97 Å². The van der Waals surface area contributed by atoms with E-state index in [1.165, 1.54) is 6.39 Å². The first-order valence-corrected chi connectivity index (χ1v) is 6.97. The van der Waals surface area contributed by atoms with E-state index in [9.17, 15) is 4.79 Å². The average Bonchev–Trinajstić information content (AvgIpc) is 3.02. The van der Waals surface area contributed by atoms with Crippen LogP contribution in [0.1, 0.15) is 11.3 Å². The lowest BCUT2D eigenvalue weighted by Gasteiger charge is -2.04. The van der Waals surface area contributed by atoms with Gasteiger partial charge in [-0.3, -0.25) is 4.79 Å². The van der Waals surface area contributed by atoms with Crippen LogP contribution < -0.4 is 5.32 Å². The van der Waals surface area contributed by atoms with Crippen LogP contribution in [-0.2, 0) is 11.2 Å². The number of benzene rings is 1. The number of carboxylic acids is 1. The SMILES string of the molecule is O=C(O)CNc1ncc(-c2ocnc2Cc2ccccc2)cn1. The number of oxazole rings is 1.